The van der Waals surface area contributed by atoms with Crippen molar-refractivity contribution in [1.29, 1.82) is 0 Å². The summed E-state index contributed by atoms with van der Waals surface area (Å²) in [5, 5.41) is 1.20. The van der Waals surface area contributed by atoms with Gasteiger partial charge in [-0.05, 0) is 19.2 Å². The number of hydrogen-bond acceptors (Lipinski definition) is 2. The van der Waals surface area contributed by atoms with Crippen molar-refractivity contribution in [1.82, 2.24) is 18.9 Å². The average molecular weight is 310 g/mol. The zero-order chi connectivity index (χ0) is 16.1. The Morgan fingerprint density at radius 2 is 1.61 bits per heavy atom. The standard InChI is InChI=1S/C18H22N4O/c1-19-8-10-22(11-9-19)18(23)16-12-15-17(21(16)3)13-6-4-5-7-14(13)20(15)2/h4-7,12H,8-11H2,1-3H3. The highest BCUT2D eigenvalue weighted by atomic mass is 16.2. The van der Waals surface area contributed by atoms with Crippen LogP contribution < -0.4 is 0 Å². The number of piperazine rings is 1. The third-order valence-corrected chi connectivity index (χ3v) is 5.10. The summed E-state index contributed by atoms with van der Waals surface area (Å²) in [4.78, 5) is 17.2. The molecule has 1 aromatic carbocycles. The Morgan fingerprint density at radius 3 is 2.35 bits per heavy atom. The van der Waals surface area contributed by atoms with Crippen LogP contribution in [-0.2, 0) is 14.1 Å². The Kier molecular flexibility index (Phi) is 3.20. The van der Waals surface area contributed by atoms with E-state index in [2.05, 4.69) is 52.4 Å². The second-order valence-electron chi connectivity index (χ2n) is 6.49. The SMILES string of the molecule is CN1CCN(C(=O)c2cc3c(c4ccccc4n3C)n2C)CC1. The number of aromatic nitrogens is 2. The molecule has 1 aliphatic rings. The minimum absolute atomic E-state index is 0.140. The lowest BCUT2D eigenvalue weighted by Crippen LogP contribution is -2.47. The van der Waals surface area contributed by atoms with Crippen molar-refractivity contribution >= 4 is 27.8 Å². The maximum atomic E-state index is 12.9. The number of para-hydroxylation sites is 1. The molecule has 3 aromatic rings. The van der Waals surface area contributed by atoms with Gasteiger partial charge in [-0.3, -0.25) is 4.79 Å². The molecule has 0 unspecified atom stereocenters. The van der Waals surface area contributed by atoms with Gasteiger partial charge < -0.3 is 18.9 Å². The second kappa shape index (κ2) is 5.13. The highest BCUT2D eigenvalue weighted by Crippen LogP contribution is 2.30. The van der Waals surface area contributed by atoms with E-state index in [0.29, 0.717) is 0 Å². The number of carbonyl (C=O) groups excluding carboxylic acids is 1. The number of fused-ring (bicyclic) bond motifs is 3. The summed E-state index contributed by atoms with van der Waals surface area (Å²) in [7, 11) is 6.16. The van der Waals surface area contributed by atoms with E-state index in [1.54, 1.807) is 0 Å². The van der Waals surface area contributed by atoms with Gasteiger partial charge in [-0.25, -0.2) is 0 Å². The number of rotatable bonds is 1. The van der Waals surface area contributed by atoms with Crippen molar-refractivity contribution in [2.45, 2.75) is 0 Å². The summed E-state index contributed by atoms with van der Waals surface area (Å²) in [6.45, 7) is 3.49. The van der Waals surface area contributed by atoms with Gasteiger partial charge in [0, 0.05) is 45.7 Å². The van der Waals surface area contributed by atoms with Crippen LogP contribution in [0.4, 0.5) is 0 Å². The molecule has 2 aromatic heterocycles. The minimum Gasteiger partial charge on any atom is -0.342 e. The van der Waals surface area contributed by atoms with E-state index in [1.165, 1.54) is 10.9 Å². The van der Waals surface area contributed by atoms with Crippen molar-refractivity contribution in [2.75, 3.05) is 33.2 Å². The predicted octanol–water partition coefficient (Wildman–Crippen LogP) is 2.06. The van der Waals surface area contributed by atoms with Crippen LogP contribution in [0, 0.1) is 0 Å². The largest absolute Gasteiger partial charge is 0.342 e. The van der Waals surface area contributed by atoms with Gasteiger partial charge in [0.25, 0.3) is 5.91 Å². The summed E-state index contributed by atoms with van der Waals surface area (Å²) < 4.78 is 4.23. The van der Waals surface area contributed by atoms with Crippen molar-refractivity contribution < 1.29 is 4.79 Å². The van der Waals surface area contributed by atoms with Gasteiger partial charge >= 0.3 is 0 Å². The first-order chi connectivity index (χ1) is 11.1. The van der Waals surface area contributed by atoms with Crippen LogP contribution in [0.5, 0.6) is 0 Å². The Morgan fingerprint density at radius 1 is 0.913 bits per heavy atom. The van der Waals surface area contributed by atoms with Crippen molar-refractivity contribution in [2.24, 2.45) is 14.1 Å². The van der Waals surface area contributed by atoms with Gasteiger partial charge in [-0.1, -0.05) is 18.2 Å². The molecule has 5 heteroatoms. The summed E-state index contributed by atoms with van der Waals surface area (Å²) in [5.41, 5.74) is 4.24. The molecule has 1 fully saturated rings. The smallest absolute Gasteiger partial charge is 0.270 e. The minimum atomic E-state index is 0.140. The Bertz CT molecular complexity index is 897. The average Bonchev–Trinajstić information content (AvgIpc) is 3.05. The molecule has 0 radical (unpaired) electrons. The topological polar surface area (TPSA) is 33.4 Å². The van der Waals surface area contributed by atoms with Gasteiger partial charge in [0.15, 0.2) is 0 Å². The van der Waals surface area contributed by atoms with Crippen LogP contribution in [0.1, 0.15) is 10.5 Å². The molecule has 1 amide bonds. The molecule has 3 heterocycles. The highest BCUT2D eigenvalue weighted by Gasteiger charge is 2.25. The first kappa shape index (κ1) is 14.3. The van der Waals surface area contributed by atoms with Gasteiger partial charge in [0.2, 0.25) is 0 Å². The molecule has 5 nitrogen and oxygen atoms in total. The molecule has 0 atom stereocenters. The molecule has 1 aliphatic heterocycles. The van der Waals surface area contributed by atoms with Gasteiger partial charge in [-0.2, -0.15) is 0 Å². The normalized spacial score (nSPS) is 16.6. The Labute approximate surface area is 135 Å². The number of likely N-dealkylation sites (N-methyl/N-ethyl adjacent to an activating group) is 1. The third-order valence-electron chi connectivity index (χ3n) is 5.10. The van der Waals surface area contributed by atoms with Gasteiger partial charge in [-0.15, -0.1) is 0 Å². The summed E-state index contributed by atoms with van der Waals surface area (Å²) in [6.07, 6.45) is 0. The fourth-order valence-corrected chi connectivity index (χ4v) is 3.63. The monoisotopic (exact) mass is 310 g/mol. The van der Waals surface area contributed by atoms with Crippen LogP contribution in [-0.4, -0.2) is 58.1 Å². The molecule has 1 saturated heterocycles. The fourth-order valence-electron chi connectivity index (χ4n) is 3.63. The molecular formula is C18H22N4O. The number of nitrogens with zero attached hydrogens (tertiary/aromatic N) is 4. The van der Waals surface area contributed by atoms with E-state index in [0.717, 1.165) is 42.9 Å². The molecule has 23 heavy (non-hydrogen) atoms. The first-order valence-corrected chi connectivity index (χ1v) is 8.08. The highest BCUT2D eigenvalue weighted by molar-refractivity contribution is 6.10. The molecule has 120 valence electrons. The zero-order valence-electron chi connectivity index (χ0n) is 13.9. The second-order valence-corrected chi connectivity index (χ2v) is 6.49. The quantitative estimate of drug-likeness (QED) is 0.689. The molecule has 4 rings (SSSR count). The van der Waals surface area contributed by atoms with E-state index >= 15 is 0 Å². The Balaban J connectivity index is 1.81. The third kappa shape index (κ3) is 2.07. The number of aryl methyl sites for hydroxylation is 2. The van der Waals surface area contributed by atoms with Crippen molar-refractivity contribution in [3.8, 4) is 0 Å². The summed E-state index contributed by atoms with van der Waals surface area (Å²) >= 11 is 0. The van der Waals surface area contributed by atoms with Crippen LogP contribution in [0.25, 0.3) is 21.9 Å². The van der Waals surface area contributed by atoms with E-state index in [1.807, 2.05) is 18.0 Å². The van der Waals surface area contributed by atoms with E-state index in [4.69, 9.17) is 0 Å². The molecule has 0 N–H and O–H groups in total. The zero-order valence-corrected chi connectivity index (χ0v) is 13.9. The van der Waals surface area contributed by atoms with Gasteiger partial charge in [0.05, 0.1) is 16.6 Å². The first-order valence-electron chi connectivity index (χ1n) is 8.08. The molecular weight excluding hydrogens is 288 g/mol. The summed E-state index contributed by atoms with van der Waals surface area (Å²) in [5.74, 6) is 0.140. The van der Waals surface area contributed by atoms with Gasteiger partial charge in [0.1, 0.15) is 5.69 Å². The molecule has 0 bridgehead atoms. The maximum absolute atomic E-state index is 12.9. The fraction of sp³-hybridized carbons (Fsp3) is 0.389. The van der Waals surface area contributed by atoms with Crippen LogP contribution >= 0.6 is 0 Å². The Hall–Kier alpha value is -2.27. The number of benzene rings is 1. The van der Waals surface area contributed by atoms with Crippen molar-refractivity contribution in [3.63, 3.8) is 0 Å². The predicted molar refractivity (Wildman–Crippen MR) is 92.8 cm³/mol. The molecule has 0 spiro atoms. The molecule has 0 aliphatic carbocycles. The van der Waals surface area contributed by atoms with E-state index in [-0.39, 0.29) is 5.91 Å². The van der Waals surface area contributed by atoms with E-state index < -0.39 is 0 Å². The van der Waals surface area contributed by atoms with E-state index in [9.17, 15) is 4.79 Å². The lowest BCUT2D eigenvalue weighted by Gasteiger charge is -2.32. The van der Waals surface area contributed by atoms with Crippen LogP contribution in [0.15, 0.2) is 30.3 Å². The van der Waals surface area contributed by atoms with Crippen LogP contribution in [0.2, 0.25) is 0 Å². The van der Waals surface area contributed by atoms with Crippen LogP contribution in [0.3, 0.4) is 0 Å². The number of amides is 1. The lowest BCUT2D eigenvalue weighted by atomic mass is 10.2. The van der Waals surface area contributed by atoms with Crippen molar-refractivity contribution in [3.05, 3.63) is 36.0 Å². The summed E-state index contributed by atoms with van der Waals surface area (Å²) in [6, 6.07) is 10.4. The molecule has 0 saturated carbocycles. The number of hydrogen-bond donors (Lipinski definition) is 0. The maximum Gasteiger partial charge on any atom is 0.270 e. The lowest BCUT2D eigenvalue weighted by molar-refractivity contribution is 0.0655. The number of carbonyl (C=O) groups is 1.